The molecule has 2 rings (SSSR count). The van der Waals surface area contributed by atoms with E-state index in [1.165, 1.54) is 10.7 Å². The van der Waals surface area contributed by atoms with Crippen molar-refractivity contribution in [2.75, 3.05) is 12.3 Å². The van der Waals surface area contributed by atoms with Gasteiger partial charge in [-0.2, -0.15) is 5.10 Å². The first kappa shape index (κ1) is 13.0. The molecule has 0 amide bonds. The first-order valence-electron chi connectivity index (χ1n) is 5.72. The lowest BCUT2D eigenvalue weighted by molar-refractivity contribution is -0.385. The number of benzene rings is 1. The lowest BCUT2D eigenvalue weighted by Gasteiger charge is -2.01. The molecule has 2 aromatic rings. The van der Waals surface area contributed by atoms with Crippen LogP contribution in [-0.2, 0) is 6.54 Å². The molecular weight excluding hydrogens is 248 g/mol. The molecule has 0 atom stereocenters. The van der Waals surface area contributed by atoms with Crippen molar-refractivity contribution in [2.45, 2.75) is 13.5 Å². The Bertz CT molecular complexity index is 621. The van der Waals surface area contributed by atoms with E-state index >= 15 is 0 Å². The van der Waals surface area contributed by atoms with E-state index in [9.17, 15) is 10.1 Å². The number of aliphatic hydroxyl groups excluding tert-OH is 1. The van der Waals surface area contributed by atoms with Crippen molar-refractivity contribution in [1.82, 2.24) is 9.78 Å². The van der Waals surface area contributed by atoms with Crippen LogP contribution in [0.3, 0.4) is 0 Å². The molecule has 1 aromatic heterocycles. The molecule has 0 spiro atoms. The van der Waals surface area contributed by atoms with E-state index in [1.807, 2.05) is 0 Å². The fraction of sp³-hybridized carbons (Fsp3) is 0.250. The van der Waals surface area contributed by atoms with Gasteiger partial charge in [0.1, 0.15) is 5.82 Å². The van der Waals surface area contributed by atoms with Crippen molar-refractivity contribution in [1.29, 1.82) is 0 Å². The Labute approximate surface area is 109 Å². The predicted molar refractivity (Wildman–Crippen MR) is 70.6 cm³/mol. The molecule has 0 radical (unpaired) electrons. The van der Waals surface area contributed by atoms with Crippen molar-refractivity contribution in [2.24, 2.45) is 0 Å². The summed E-state index contributed by atoms with van der Waals surface area (Å²) in [5.74, 6) is 0.410. The third kappa shape index (κ3) is 2.55. The molecule has 0 bridgehead atoms. The number of nitrogens with two attached hydrogens (primary N) is 1. The van der Waals surface area contributed by atoms with Crippen LogP contribution in [0.1, 0.15) is 5.56 Å². The third-order valence-electron chi connectivity index (χ3n) is 2.82. The fourth-order valence-electron chi connectivity index (χ4n) is 1.81. The number of hydrogen-bond donors (Lipinski definition) is 2. The van der Waals surface area contributed by atoms with E-state index < -0.39 is 4.92 Å². The highest BCUT2D eigenvalue weighted by Crippen LogP contribution is 2.27. The predicted octanol–water partition coefficient (Wildman–Crippen LogP) is 1.34. The van der Waals surface area contributed by atoms with E-state index in [4.69, 9.17) is 10.8 Å². The van der Waals surface area contributed by atoms with Crippen molar-refractivity contribution >= 4 is 11.5 Å². The molecule has 0 aliphatic rings. The zero-order valence-electron chi connectivity index (χ0n) is 10.4. The number of nitro groups is 1. The molecule has 19 heavy (non-hydrogen) atoms. The first-order chi connectivity index (χ1) is 9.02. The van der Waals surface area contributed by atoms with Gasteiger partial charge in [0, 0.05) is 23.3 Å². The second kappa shape index (κ2) is 5.07. The van der Waals surface area contributed by atoms with Gasteiger partial charge in [-0.15, -0.1) is 0 Å². The van der Waals surface area contributed by atoms with E-state index in [-0.39, 0.29) is 12.3 Å². The summed E-state index contributed by atoms with van der Waals surface area (Å²) in [6.45, 7) is 1.90. The summed E-state index contributed by atoms with van der Waals surface area (Å²) in [6.07, 6.45) is 0. The normalized spacial score (nSPS) is 10.6. The van der Waals surface area contributed by atoms with Crippen LogP contribution >= 0.6 is 0 Å². The second-order valence-corrected chi connectivity index (χ2v) is 4.16. The van der Waals surface area contributed by atoms with Crippen molar-refractivity contribution in [3.05, 3.63) is 39.9 Å². The number of nitrogens with zero attached hydrogens (tertiary/aromatic N) is 3. The minimum Gasteiger partial charge on any atom is -0.394 e. The molecule has 0 fully saturated rings. The summed E-state index contributed by atoms with van der Waals surface area (Å²) in [6, 6.07) is 6.53. The molecule has 7 nitrogen and oxygen atoms in total. The molecular formula is C12H14N4O3. The molecule has 100 valence electrons. The summed E-state index contributed by atoms with van der Waals surface area (Å²) in [5.41, 5.74) is 7.57. The zero-order valence-corrected chi connectivity index (χ0v) is 10.4. The summed E-state index contributed by atoms with van der Waals surface area (Å²) >= 11 is 0. The zero-order chi connectivity index (χ0) is 14.0. The van der Waals surface area contributed by atoms with Gasteiger partial charge >= 0.3 is 0 Å². The van der Waals surface area contributed by atoms with Gasteiger partial charge in [-0.25, -0.2) is 4.68 Å². The number of hydrogen-bond acceptors (Lipinski definition) is 5. The van der Waals surface area contributed by atoms with Gasteiger partial charge < -0.3 is 10.8 Å². The highest BCUT2D eigenvalue weighted by atomic mass is 16.6. The first-order valence-corrected chi connectivity index (χ1v) is 5.72. The van der Waals surface area contributed by atoms with Crippen molar-refractivity contribution in [3.8, 4) is 11.3 Å². The topological polar surface area (TPSA) is 107 Å². The summed E-state index contributed by atoms with van der Waals surface area (Å²) < 4.78 is 1.46. The maximum atomic E-state index is 10.9. The van der Waals surface area contributed by atoms with E-state index in [0.29, 0.717) is 29.2 Å². The average Bonchev–Trinajstić information content (AvgIpc) is 2.72. The lowest BCUT2D eigenvalue weighted by atomic mass is 10.1. The van der Waals surface area contributed by atoms with Crippen LogP contribution in [0.25, 0.3) is 11.3 Å². The lowest BCUT2D eigenvalue weighted by Crippen LogP contribution is -2.07. The molecule has 3 N–H and O–H groups in total. The van der Waals surface area contributed by atoms with E-state index in [1.54, 1.807) is 25.1 Å². The smallest absolute Gasteiger partial charge is 0.272 e. The van der Waals surface area contributed by atoms with E-state index in [0.717, 1.165) is 0 Å². The highest BCUT2D eigenvalue weighted by molar-refractivity contribution is 5.66. The van der Waals surface area contributed by atoms with Crippen LogP contribution in [0, 0.1) is 17.0 Å². The summed E-state index contributed by atoms with van der Waals surface area (Å²) in [7, 11) is 0. The molecule has 1 aromatic carbocycles. The Hall–Kier alpha value is -2.41. The Morgan fingerprint density at radius 1 is 1.47 bits per heavy atom. The molecule has 0 aliphatic carbocycles. The van der Waals surface area contributed by atoms with E-state index in [2.05, 4.69) is 5.10 Å². The van der Waals surface area contributed by atoms with Gasteiger partial charge in [0.2, 0.25) is 0 Å². The third-order valence-corrected chi connectivity index (χ3v) is 2.82. The second-order valence-electron chi connectivity index (χ2n) is 4.16. The van der Waals surface area contributed by atoms with Gasteiger partial charge in [-0.05, 0) is 6.92 Å². The number of nitrogen functional groups attached to an aromatic ring is 1. The largest absolute Gasteiger partial charge is 0.394 e. The van der Waals surface area contributed by atoms with Gasteiger partial charge in [-0.1, -0.05) is 12.1 Å². The Kier molecular flexibility index (Phi) is 3.48. The molecule has 7 heteroatoms. The monoisotopic (exact) mass is 262 g/mol. The van der Waals surface area contributed by atoms with Crippen LogP contribution in [0.5, 0.6) is 0 Å². The molecule has 0 unspecified atom stereocenters. The maximum Gasteiger partial charge on any atom is 0.272 e. The number of anilines is 1. The van der Waals surface area contributed by atoms with Crippen LogP contribution in [0.2, 0.25) is 0 Å². The maximum absolute atomic E-state index is 10.9. The van der Waals surface area contributed by atoms with Gasteiger partial charge in [-0.3, -0.25) is 10.1 Å². The minimum atomic E-state index is -0.424. The number of rotatable bonds is 4. The van der Waals surface area contributed by atoms with Crippen molar-refractivity contribution in [3.63, 3.8) is 0 Å². The average molecular weight is 262 g/mol. The van der Waals surface area contributed by atoms with Crippen LogP contribution < -0.4 is 5.73 Å². The fourth-order valence-corrected chi connectivity index (χ4v) is 1.81. The number of aryl methyl sites for hydroxylation is 1. The molecule has 1 heterocycles. The number of aliphatic hydroxyl groups is 1. The molecule has 0 saturated heterocycles. The standard InChI is InChI=1S/C12H14N4O3/c1-8-2-3-9(6-11(8)16(18)19)10-7-12(13)15(14-10)4-5-17/h2-3,6-7,17H,4-5,13H2,1H3. The van der Waals surface area contributed by atoms with Crippen LogP contribution in [0.4, 0.5) is 11.5 Å². The van der Waals surface area contributed by atoms with Gasteiger partial charge in [0.25, 0.3) is 5.69 Å². The number of aromatic nitrogens is 2. The number of nitro benzene ring substituents is 1. The van der Waals surface area contributed by atoms with Gasteiger partial charge in [0.05, 0.1) is 23.8 Å². The summed E-state index contributed by atoms with van der Waals surface area (Å²) in [5, 5.41) is 24.0. The Morgan fingerprint density at radius 3 is 2.84 bits per heavy atom. The molecule has 0 aliphatic heterocycles. The Morgan fingerprint density at radius 2 is 2.21 bits per heavy atom. The minimum absolute atomic E-state index is 0.0489. The van der Waals surface area contributed by atoms with Crippen molar-refractivity contribution < 1.29 is 10.0 Å². The quantitative estimate of drug-likeness (QED) is 0.638. The van der Waals surface area contributed by atoms with Crippen LogP contribution in [0.15, 0.2) is 24.3 Å². The van der Waals surface area contributed by atoms with Crippen LogP contribution in [-0.4, -0.2) is 26.4 Å². The summed E-state index contributed by atoms with van der Waals surface area (Å²) in [4.78, 5) is 10.5. The highest BCUT2D eigenvalue weighted by Gasteiger charge is 2.14. The SMILES string of the molecule is Cc1ccc(-c2cc(N)n(CCO)n2)cc1[N+](=O)[O-]. The Balaban J connectivity index is 2.44. The van der Waals surface area contributed by atoms with Gasteiger partial charge in [0.15, 0.2) is 0 Å². The molecule has 0 saturated carbocycles.